The van der Waals surface area contributed by atoms with Crippen LogP contribution in [0.15, 0.2) is 46.9 Å². The maximum Gasteiger partial charge on any atom is 0.0702 e. The van der Waals surface area contributed by atoms with Crippen molar-refractivity contribution in [3.05, 3.63) is 63.6 Å². The average Bonchev–Trinajstić information content (AvgIpc) is 2.38. The van der Waals surface area contributed by atoms with E-state index in [-0.39, 0.29) is 6.61 Å². The first-order valence-corrected chi connectivity index (χ1v) is 7.05. The molecule has 1 N–H and O–H groups in total. The van der Waals surface area contributed by atoms with Crippen LogP contribution in [0, 0.1) is 6.92 Å². The van der Waals surface area contributed by atoms with Gasteiger partial charge in [0.15, 0.2) is 0 Å². The summed E-state index contributed by atoms with van der Waals surface area (Å²) in [5.74, 6) is 0. The molecule has 0 aliphatic rings. The zero-order valence-electron chi connectivity index (χ0n) is 11.2. The topological polar surface area (TPSA) is 23.5 Å². The van der Waals surface area contributed by atoms with Crippen LogP contribution in [0.5, 0.6) is 0 Å². The molecule has 0 bridgehead atoms. The number of benzene rings is 2. The van der Waals surface area contributed by atoms with Gasteiger partial charge in [-0.2, -0.15) is 0 Å². The van der Waals surface area contributed by atoms with Gasteiger partial charge in [-0.25, -0.2) is 0 Å². The van der Waals surface area contributed by atoms with Crippen LogP contribution in [0.3, 0.4) is 0 Å². The standard InChI is InChI=1S/C16H18BrNO/c1-12-4-3-5-13(8-12)10-18(2)16-7-6-15(17)9-14(16)11-19/h3-9,19H,10-11H2,1-2H3. The van der Waals surface area contributed by atoms with Gasteiger partial charge in [-0.1, -0.05) is 45.8 Å². The number of aliphatic hydroxyl groups is 1. The van der Waals surface area contributed by atoms with Crippen LogP contribution < -0.4 is 4.90 Å². The Labute approximate surface area is 122 Å². The second-order valence-corrected chi connectivity index (χ2v) is 5.69. The summed E-state index contributed by atoms with van der Waals surface area (Å²) in [7, 11) is 2.05. The zero-order chi connectivity index (χ0) is 13.8. The molecule has 0 radical (unpaired) electrons. The van der Waals surface area contributed by atoms with Gasteiger partial charge in [-0.05, 0) is 30.7 Å². The van der Waals surface area contributed by atoms with Gasteiger partial charge in [0.05, 0.1) is 6.61 Å². The van der Waals surface area contributed by atoms with Gasteiger partial charge in [0.1, 0.15) is 0 Å². The molecular weight excluding hydrogens is 302 g/mol. The van der Waals surface area contributed by atoms with Gasteiger partial charge in [-0.15, -0.1) is 0 Å². The van der Waals surface area contributed by atoms with Crippen molar-refractivity contribution in [3.63, 3.8) is 0 Å². The highest BCUT2D eigenvalue weighted by Gasteiger charge is 2.08. The van der Waals surface area contributed by atoms with E-state index in [4.69, 9.17) is 0 Å². The van der Waals surface area contributed by atoms with Crippen molar-refractivity contribution in [1.29, 1.82) is 0 Å². The van der Waals surface area contributed by atoms with Crippen LogP contribution in [0.25, 0.3) is 0 Å². The van der Waals surface area contributed by atoms with Gasteiger partial charge in [0.2, 0.25) is 0 Å². The van der Waals surface area contributed by atoms with E-state index in [1.807, 2.05) is 25.2 Å². The predicted molar refractivity (Wildman–Crippen MR) is 83.4 cm³/mol. The van der Waals surface area contributed by atoms with Crippen molar-refractivity contribution < 1.29 is 5.11 Å². The van der Waals surface area contributed by atoms with Crippen LogP contribution in [0.4, 0.5) is 5.69 Å². The Morgan fingerprint density at radius 3 is 2.63 bits per heavy atom. The van der Waals surface area contributed by atoms with Gasteiger partial charge >= 0.3 is 0 Å². The normalized spacial score (nSPS) is 10.5. The smallest absolute Gasteiger partial charge is 0.0702 e. The van der Waals surface area contributed by atoms with E-state index in [1.165, 1.54) is 11.1 Å². The lowest BCUT2D eigenvalue weighted by Gasteiger charge is -2.22. The summed E-state index contributed by atoms with van der Waals surface area (Å²) in [6.07, 6.45) is 0. The minimum Gasteiger partial charge on any atom is -0.392 e. The molecule has 0 aromatic heterocycles. The van der Waals surface area contributed by atoms with Gasteiger partial charge < -0.3 is 10.0 Å². The molecule has 3 heteroatoms. The lowest BCUT2D eigenvalue weighted by molar-refractivity contribution is 0.282. The minimum atomic E-state index is 0.0485. The quantitative estimate of drug-likeness (QED) is 0.924. The van der Waals surface area contributed by atoms with Gasteiger partial charge in [0.25, 0.3) is 0 Å². The van der Waals surface area contributed by atoms with Gasteiger partial charge in [0, 0.05) is 29.3 Å². The van der Waals surface area contributed by atoms with E-state index in [2.05, 4.69) is 52.0 Å². The number of aliphatic hydroxyl groups excluding tert-OH is 1. The third-order valence-electron chi connectivity index (χ3n) is 3.13. The van der Waals surface area contributed by atoms with Crippen LogP contribution in [-0.2, 0) is 13.2 Å². The number of halogens is 1. The molecule has 0 aliphatic carbocycles. The third kappa shape index (κ3) is 3.58. The molecule has 0 unspecified atom stereocenters. The van der Waals surface area contributed by atoms with Gasteiger partial charge in [-0.3, -0.25) is 0 Å². The van der Waals surface area contributed by atoms with Crippen LogP contribution >= 0.6 is 15.9 Å². The number of nitrogens with zero attached hydrogens (tertiary/aromatic N) is 1. The molecule has 2 rings (SSSR count). The maximum absolute atomic E-state index is 9.45. The molecule has 0 aliphatic heterocycles. The van der Waals surface area contributed by atoms with Crippen molar-refractivity contribution in [2.24, 2.45) is 0 Å². The Kier molecular flexibility index (Phi) is 4.61. The van der Waals surface area contributed by atoms with Crippen LogP contribution in [-0.4, -0.2) is 12.2 Å². The predicted octanol–water partition coefficient (Wildman–Crippen LogP) is 3.89. The Morgan fingerprint density at radius 2 is 1.95 bits per heavy atom. The molecule has 0 amide bonds. The summed E-state index contributed by atoms with van der Waals surface area (Å²) in [5.41, 5.74) is 4.54. The fourth-order valence-corrected chi connectivity index (χ4v) is 2.63. The highest BCUT2D eigenvalue weighted by molar-refractivity contribution is 9.10. The van der Waals surface area contributed by atoms with Crippen molar-refractivity contribution in [3.8, 4) is 0 Å². The lowest BCUT2D eigenvalue weighted by Crippen LogP contribution is -2.18. The minimum absolute atomic E-state index is 0.0485. The summed E-state index contributed by atoms with van der Waals surface area (Å²) in [4.78, 5) is 2.16. The molecule has 0 heterocycles. The SMILES string of the molecule is Cc1cccc(CN(C)c2ccc(Br)cc2CO)c1. The Hall–Kier alpha value is -1.32. The summed E-state index contributed by atoms with van der Waals surface area (Å²) < 4.78 is 0.990. The lowest BCUT2D eigenvalue weighted by atomic mass is 10.1. The summed E-state index contributed by atoms with van der Waals surface area (Å²) >= 11 is 3.43. The fraction of sp³-hybridized carbons (Fsp3) is 0.250. The highest BCUT2D eigenvalue weighted by atomic mass is 79.9. The van der Waals surface area contributed by atoms with Crippen molar-refractivity contribution in [1.82, 2.24) is 0 Å². The first kappa shape index (κ1) is 14.1. The van der Waals surface area contributed by atoms with Crippen molar-refractivity contribution in [2.45, 2.75) is 20.1 Å². The highest BCUT2D eigenvalue weighted by Crippen LogP contribution is 2.25. The first-order valence-electron chi connectivity index (χ1n) is 6.26. The fourth-order valence-electron chi connectivity index (χ4n) is 2.22. The molecule has 19 heavy (non-hydrogen) atoms. The first-order chi connectivity index (χ1) is 9.10. The van der Waals surface area contributed by atoms with E-state index < -0.39 is 0 Å². The molecular formula is C16H18BrNO. The number of hydrogen-bond donors (Lipinski definition) is 1. The molecule has 0 saturated carbocycles. The monoisotopic (exact) mass is 319 g/mol. The molecule has 2 aromatic rings. The zero-order valence-corrected chi connectivity index (χ0v) is 12.8. The molecule has 0 saturated heterocycles. The van der Waals surface area contributed by atoms with Crippen LogP contribution in [0.2, 0.25) is 0 Å². The number of rotatable bonds is 4. The second kappa shape index (κ2) is 6.22. The van der Waals surface area contributed by atoms with Crippen molar-refractivity contribution >= 4 is 21.6 Å². The molecule has 100 valence electrons. The molecule has 2 nitrogen and oxygen atoms in total. The number of hydrogen-bond acceptors (Lipinski definition) is 2. The van der Waals surface area contributed by atoms with Crippen LogP contribution in [0.1, 0.15) is 16.7 Å². The van der Waals surface area contributed by atoms with E-state index >= 15 is 0 Å². The second-order valence-electron chi connectivity index (χ2n) is 4.78. The number of anilines is 1. The summed E-state index contributed by atoms with van der Waals surface area (Å²) in [6.45, 7) is 2.98. The molecule has 0 spiro atoms. The molecule has 0 fully saturated rings. The average molecular weight is 320 g/mol. The van der Waals surface area contributed by atoms with E-state index in [9.17, 15) is 5.11 Å². The molecule has 2 aromatic carbocycles. The third-order valence-corrected chi connectivity index (χ3v) is 3.62. The Balaban J connectivity index is 2.22. The Bertz CT molecular complexity index is 568. The maximum atomic E-state index is 9.45. The Morgan fingerprint density at radius 1 is 1.16 bits per heavy atom. The van der Waals surface area contributed by atoms with E-state index in [0.717, 1.165) is 22.3 Å². The summed E-state index contributed by atoms with van der Waals surface area (Å²) in [5, 5.41) is 9.45. The molecule has 0 atom stereocenters. The van der Waals surface area contributed by atoms with Crippen molar-refractivity contribution in [2.75, 3.05) is 11.9 Å². The number of aryl methyl sites for hydroxylation is 1. The summed E-state index contributed by atoms with van der Waals surface area (Å²) in [6, 6.07) is 14.5. The largest absolute Gasteiger partial charge is 0.392 e. The van der Waals surface area contributed by atoms with E-state index in [0.29, 0.717) is 0 Å². The van der Waals surface area contributed by atoms with E-state index in [1.54, 1.807) is 0 Å².